The van der Waals surface area contributed by atoms with Crippen LogP contribution in [0.15, 0.2) is 52.7 Å². The van der Waals surface area contributed by atoms with Crippen molar-refractivity contribution in [1.82, 2.24) is 5.32 Å². The second-order valence-corrected chi connectivity index (χ2v) is 7.10. The first-order valence-electron chi connectivity index (χ1n) is 8.38. The summed E-state index contributed by atoms with van der Waals surface area (Å²) in [5.41, 5.74) is 0.701. The Labute approximate surface area is 168 Å². The molecule has 1 atom stereocenters. The number of carbonyl (C=O) groups is 2. The summed E-state index contributed by atoms with van der Waals surface area (Å²) >= 11 is 0.964. The molecule has 10 heteroatoms. The second-order valence-electron chi connectivity index (χ2n) is 5.91. The van der Waals surface area contributed by atoms with Crippen LogP contribution >= 0.6 is 11.8 Å². The van der Waals surface area contributed by atoms with Crippen molar-refractivity contribution in [3.8, 4) is 5.75 Å². The number of aliphatic carboxylic acids is 1. The Kier molecular flexibility index (Phi) is 6.55. The second kappa shape index (κ2) is 9.28. The number of rotatable bonds is 7. The molecule has 0 aromatic heterocycles. The van der Waals surface area contributed by atoms with Crippen LogP contribution in [-0.4, -0.2) is 33.6 Å². The number of carboxylic acids is 1. The molecule has 1 aliphatic rings. The summed E-state index contributed by atoms with van der Waals surface area (Å²) in [5, 5.41) is 18.1. The molecule has 0 aliphatic carbocycles. The predicted octanol–water partition coefficient (Wildman–Crippen LogP) is 2.94. The average molecular weight is 419 g/mol. The van der Waals surface area contributed by atoms with Gasteiger partial charge in [0, 0.05) is 5.56 Å². The van der Waals surface area contributed by atoms with Crippen LogP contribution in [0.4, 0.5) is 8.78 Å². The number of nitrogens with one attached hydrogen (secondary N) is 1. The molecule has 2 aromatic carbocycles. The Morgan fingerprint density at radius 3 is 2.76 bits per heavy atom. The lowest BCUT2D eigenvalue weighted by atomic mass is 10.2. The normalized spacial score (nSPS) is 17.7. The number of carboxylic acid groups (broad SMARTS) is 1. The van der Waals surface area contributed by atoms with Gasteiger partial charge in [0.05, 0.1) is 12.6 Å². The van der Waals surface area contributed by atoms with Crippen LogP contribution in [0, 0.1) is 11.6 Å². The summed E-state index contributed by atoms with van der Waals surface area (Å²) in [5.74, 6) is -2.66. The average Bonchev–Trinajstić information content (AvgIpc) is 3.01. The summed E-state index contributed by atoms with van der Waals surface area (Å²) in [4.78, 5) is 22.3. The Morgan fingerprint density at radius 1 is 1.24 bits per heavy atom. The molecule has 0 saturated carbocycles. The molecule has 0 bridgehead atoms. The maximum Gasteiger partial charge on any atom is 0.305 e. The van der Waals surface area contributed by atoms with Crippen LogP contribution in [0.1, 0.15) is 17.5 Å². The molecular weight excluding hydrogens is 404 g/mol. The highest BCUT2D eigenvalue weighted by Gasteiger charge is 2.32. The molecular formula is C19H15F2N3O4S. The van der Waals surface area contributed by atoms with Gasteiger partial charge in [-0.2, -0.15) is 5.10 Å². The fraction of sp³-hybridized carbons (Fsp3) is 0.158. The molecule has 2 aromatic rings. The monoisotopic (exact) mass is 419 g/mol. The molecule has 7 nitrogen and oxygen atoms in total. The molecule has 29 heavy (non-hydrogen) atoms. The molecule has 2 N–H and O–H groups in total. The van der Waals surface area contributed by atoms with Gasteiger partial charge < -0.3 is 15.2 Å². The van der Waals surface area contributed by atoms with E-state index >= 15 is 0 Å². The molecule has 1 amide bonds. The highest BCUT2D eigenvalue weighted by Crippen LogP contribution is 2.23. The fourth-order valence-electron chi connectivity index (χ4n) is 2.38. The summed E-state index contributed by atoms with van der Waals surface area (Å²) < 4.78 is 33.1. The van der Waals surface area contributed by atoms with Gasteiger partial charge >= 0.3 is 5.97 Å². The minimum absolute atomic E-state index is 0.0353. The highest BCUT2D eigenvalue weighted by molar-refractivity contribution is 8.15. The predicted molar refractivity (Wildman–Crippen MR) is 104 cm³/mol. The molecule has 3 rings (SSSR count). The third-order valence-corrected chi connectivity index (χ3v) is 4.86. The van der Waals surface area contributed by atoms with Crippen molar-refractivity contribution >= 4 is 35.0 Å². The standard InChI is InChI=1S/C19H15F2N3O4S/c20-13-4-2-1-3-12(13)10-28-15-6-5-11(7-14(15)21)9-22-24-19-23-18(27)16(29-19)8-17(25)26/h1-7,9,16H,8,10H2,(H,25,26)(H,23,24,27). The van der Waals surface area contributed by atoms with Gasteiger partial charge in [-0.1, -0.05) is 30.0 Å². The number of carbonyl (C=O) groups excluding carboxylic acids is 1. The van der Waals surface area contributed by atoms with E-state index in [1.807, 2.05) is 0 Å². The van der Waals surface area contributed by atoms with Gasteiger partial charge in [0.15, 0.2) is 16.7 Å². The quantitative estimate of drug-likeness (QED) is 0.531. The van der Waals surface area contributed by atoms with E-state index in [0.717, 1.165) is 11.8 Å². The van der Waals surface area contributed by atoms with Crippen molar-refractivity contribution in [2.75, 3.05) is 0 Å². The minimum atomic E-state index is -1.09. The van der Waals surface area contributed by atoms with Gasteiger partial charge in [0.25, 0.3) is 0 Å². The van der Waals surface area contributed by atoms with Crippen LogP contribution in [0.3, 0.4) is 0 Å². The lowest BCUT2D eigenvalue weighted by Gasteiger charge is -2.08. The Balaban J connectivity index is 1.59. The number of benzene rings is 2. The summed E-state index contributed by atoms with van der Waals surface area (Å²) in [7, 11) is 0. The molecule has 1 aliphatic heterocycles. The maximum absolute atomic E-state index is 14.2. The lowest BCUT2D eigenvalue weighted by molar-refractivity contribution is -0.138. The maximum atomic E-state index is 14.2. The third kappa shape index (κ3) is 5.61. The molecule has 150 valence electrons. The largest absolute Gasteiger partial charge is 0.486 e. The SMILES string of the molecule is O=C(O)CC1SC(=NN=Cc2ccc(OCc3ccccc3F)c(F)c2)NC1=O. The van der Waals surface area contributed by atoms with Crippen LogP contribution in [0.2, 0.25) is 0 Å². The van der Waals surface area contributed by atoms with Crippen LogP contribution in [0.25, 0.3) is 0 Å². The van der Waals surface area contributed by atoms with E-state index in [1.165, 1.54) is 30.5 Å². The summed E-state index contributed by atoms with van der Waals surface area (Å²) in [6.45, 7) is -0.112. The number of thioether (sulfide) groups is 1. The zero-order valence-electron chi connectivity index (χ0n) is 14.8. The van der Waals surface area contributed by atoms with Crippen molar-refractivity contribution in [3.05, 3.63) is 65.2 Å². The van der Waals surface area contributed by atoms with Crippen molar-refractivity contribution in [3.63, 3.8) is 0 Å². The van der Waals surface area contributed by atoms with E-state index in [9.17, 15) is 18.4 Å². The zero-order chi connectivity index (χ0) is 20.8. The van der Waals surface area contributed by atoms with Gasteiger partial charge in [0.2, 0.25) is 5.91 Å². The number of hydrogen-bond acceptors (Lipinski definition) is 6. The minimum Gasteiger partial charge on any atom is -0.486 e. The number of amidine groups is 1. The topological polar surface area (TPSA) is 100 Å². The molecule has 1 saturated heterocycles. The third-order valence-electron chi connectivity index (χ3n) is 3.79. The first-order valence-corrected chi connectivity index (χ1v) is 9.26. The van der Waals surface area contributed by atoms with Gasteiger partial charge in [-0.3, -0.25) is 9.59 Å². The molecule has 0 radical (unpaired) electrons. The lowest BCUT2D eigenvalue weighted by Crippen LogP contribution is -2.26. The highest BCUT2D eigenvalue weighted by atomic mass is 32.2. The van der Waals surface area contributed by atoms with E-state index in [0.29, 0.717) is 11.1 Å². The number of ether oxygens (including phenoxy) is 1. The first-order chi connectivity index (χ1) is 13.9. The van der Waals surface area contributed by atoms with Crippen molar-refractivity contribution in [2.24, 2.45) is 10.2 Å². The Morgan fingerprint density at radius 2 is 2.03 bits per heavy atom. The van der Waals surface area contributed by atoms with Crippen LogP contribution in [0.5, 0.6) is 5.75 Å². The summed E-state index contributed by atoms with van der Waals surface area (Å²) in [6, 6.07) is 10.2. The van der Waals surface area contributed by atoms with E-state index in [4.69, 9.17) is 9.84 Å². The zero-order valence-corrected chi connectivity index (χ0v) is 15.7. The number of hydrogen-bond donors (Lipinski definition) is 2. The smallest absolute Gasteiger partial charge is 0.305 e. The molecule has 1 heterocycles. The molecule has 1 unspecified atom stereocenters. The van der Waals surface area contributed by atoms with Gasteiger partial charge in [-0.15, -0.1) is 5.10 Å². The van der Waals surface area contributed by atoms with Crippen LogP contribution in [-0.2, 0) is 16.2 Å². The van der Waals surface area contributed by atoms with Crippen molar-refractivity contribution in [2.45, 2.75) is 18.3 Å². The molecule has 0 spiro atoms. The number of halogens is 2. The number of nitrogens with zero attached hydrogens (tertiary/aromatic N) is 2. The molecule has 1 fully saturated rings. The van der Waals surface area contributed by atoms with Crippen molar-refractivity contribution in [1.29, 1.82) is 0 Å². The first kappa shape index (κ1) is 20.5. The van der Waals surface area contributed by atoms with E-state index in [2.05, 4.69) is 15.5 Å². The van der Waals surface area contributed by atoms with E-state index < -0.39 is 28.8 Å². The van der Waals surface area contributed by atoms with Gasteiger partial charge in [0.1, 0.15) is 17.7 Å². The summed E-state index contributed by atoms with van der Waals surface area (Å²) in [6.07, 6.45) is 0.951. The van der Waals surface area contributed by atoms with E-state index in [1.54, 1.807) is 18.2 Å². The Hall–Kier alpha value is -3.27. The van der Waals surface area contributed by atoms with E-state index in [-0.39, 0.29) is 23.9 Å². The van der Waals surface area contributed by atoms with Gasteiger partial charge in [-0.25, -0.2) is 8.78 Å². The van der Waals surface area contributed by atoms with Crippen molar-refractivity contribution < 1.29 is 28.2 Å². The van der Waals surface area contributed by atoms with Crippen LogP contribution < -0.4 is 10.1 Å². The number of amides is 1. The Bertz CT molecular complexity index is 997. The van der Waals surface area contributed by atoms with Gasteiger partial charge in [-0.05, 0) is 29.8 Å². The fourth-order valence-corrected chi connectivity index (χ4v) is 3.29.